The first-order valence-electron chi connectivity index (χ1n) is 11.4. The van der Waals surface area contributed by atoms with Gasteiger partial charge in [-0.15, -0.1) is 0 Å². The summed E-state index contributed by atoms with van der Waals surface area (Å²) in [6.07, 6.45) is 2.72. The van der Waals surface area contributed by atoms with Crippen LogP contribution >= 0.6 is 11.6 Å². The molecule has 2 saturated heterocycles. The van der Waals surface area contributed by atoms with Gasteiger partial charge in [0.1, 0.15) is 17.3 Å². The van der Waals surface area contributed by atoms with Gasteiger partial charge in [0, 0.05) is 51.4 Å². The fourth-order valence-electron chi connectivity index (χ4n) is 4.24. The number of para-hydroxylation sites is 1. The van der Waals surface area contributed by atoms with Crippen molar-refractivity contribution in [1.29, 1.82) is 0 Å². The number of hydrogen-bond acceptors (Lipinski definition) is 5. The van der Waals surface area contributed by atoms with E-state index in [9.17, 15) is 13.2 Å². The highest BCUT2D eigenvalue weighted by Crippen LogP contribution is 2.28. The number of piperazine rings is 1. The van der Waals surface area contributed by atoms with Gasteiger partial charge >= 0.3 is 0 Å². The van der Waals surface area contributed by atoms with Gasteiger partial charge in [0.25, 0.3) is 5.91 Å². The molecule has 0 spiro atoms. The van der Waals surface area contributed by atoms with E-state index < -0.39 is 10.0 Å². The van der Waals surface area contributed by atoms with Crippen LogP contribution in [0.25, 0.3) is 0 Å². The highest BCUT2D eigenvalue weighted by Gasteiger charge is 2.30. The quantitative estimate of drug-likeness (QED) is 0.594. The number of piperidine rings is 1. The summed E-state index contributed by atoms with van der Waals surface area (Å²) in [4.78, 5) is 17.2. The molecular formula is C24H30ClN3O4S. The summed E-state index contributed by atoms with van der Waals surface area (Å²) >= 11 is 6.25. The summed E-state index contributed by atoms with van der Waals surface area (Å²) in [5.41, 5.74) is 0.357. The van der Waals surface area contributed by atoms with Crippen molar-refractivity contribution >= 4 is 27.5 Å². The molecule has 2 heterocycles. The lowest BCUT2D eigenvalue weighted by Crippen LogP contribution is -2.49. The number of carbonyl (C=O) groups is 1. The third-order valence-electron chi connectivity index (χ3n) is 6.19. The Morgan fingerprint density at radius 1 is 0.909 bits per heavy atom. The van der Waals surface area contributed by atoms with Crippen LogP contribution in [-0.2, 0) is 10.0 Å². The predicted octanol–water partition coefficient (Wildman–Crippen LogP) is 3.35. The van der Waals surface area contributed by atoms with E-state index in [1.807, 2.05) is 30.3 Å². The Labute approximate surface area is 200 Å². The summed E-state index contributed by atoms with van der Waals surface area (Å²) < 4.78 is 33.4. The molecule has 0 atom stereocenters. The van der Waals surface area contributed by atoms with Gasteiger partial charge < -0.3 is 9.64 Å². The average molecular weight is 492 g/mol. The van der Waals surface area contributed by atoms with Crippen molar-refractivity contribution < 1.29 is 17.9 Å². The van der Waals surface area contributed by atoms with Gasteiger partial charge in [-0.1, -0.05) is 36.2 Å². The molecule has 2 aromatic carbocycles. The molecule has 0 N–H and O–H groups in total. The molecule has 4 rings (SSSR count). The molecule has 2 fully saturated rings. The monoisotopic (exact) mass is 491 g/mol. The summed E-state index contributed by atoms with van der Waals surface area (Å²) in [7, 11) is -3.71. The number of nitrogens with zero attached hydrogens (tertiary/aromatic N) is 3. The molecular weight excluding hydrogens is 462 g/mol. The Hall–Kier alpha value is -2.13. The molecule has 0 saturated carbocycles. The summed E-state index contributed by atoms with van der Waals surface area (Å²) in [5.74, 6) is 0.686. The average Bonchev–Trinajstić information content (AvgIpc) is 2.85. The van der Waals surface area contributed by atoms with Crippen molar-refractivity contribution in [2.45, 2.75) is 24.2 Å². The Balaban J connectivity index is 1.34. The molecule has 9 heteroatoms. The standard InChI is InChI=1S/C24H30ClN3O4S/c25-22-10-9-20(19-23(22)33(30,31)28-11-5-2-6-12-28)24(29)27-15-13-26(14-16-27)17-18-32-21-7-3-1-4-8-21/h1,3-4,7-10,19H,2,5-6,11-18H2. The minimum atomic E-state index is -3.71. The second-order valence-electron chi connectivity index (χ2n) is 8.41. The maximum absolute atomic E-state index is 13.1. The van der Waals surface area contributed by atoms with Crippen LogP contribution in [0.4, 0.5) is 0 Å². The Kier molecular flexibility index (Phi) is 7.90. The molecule has 0 aromatic heterocycles. The highest BCUT2D eigenvalue weighted by molar-refractivity contribution is 7.89. The van der Waals surface area contributed by atoms with Crippen LogP contribution < -0.4 is 4.74 Å². The van der Waals surface area contributed by atoms with Crippen LogP contribution in [0.5, 0.6) is 5.75 Å². The van der Waals surface area contributed by atoms with E-state index in [-0.39, 0.29) is 15.8 Å². The molecule has 0 radical (unpaired) electrons. The molecule has 2 aliphatic heterocycles. The third kappa shape index (κ3) is 5.87. The van der Waals surface area contributed by atoms with Crippen LogP contribution in [-0.4, -0.2) is 80.9 Å². The van der Waals surface area contributed by atoms with Crippen LogP contribution in [0, 0.1) is 0 Å². The molecule has 0 aliphatic carbocycles. The number of sulfonamides is 1. The van der Waals surface area contributed by atoms with E-state index in [1.54, 1.807) is 11.0 Å². The minimum absolute atomic E-state index is 0.0219. The molecule has 7 nitrogen and oxygen atoms in total. The van der Waals surface area contributed by atoms with Crippen molar-refractivity contribution in [3.8, 4) is 5.75 Å². The van der Waals surface area contributed by atoms with Gasteiger partial charge in [0.05, 0.1) is 5.02 Å². The first-order valence-corrected chi connectivity index (χ1v) is 13.3. The van der Waals surface area contributed by atoms with E-state index in [2.05, 4.69) is 4.90 Å². The van der Waals surface area contributed by atoms with Gasteiger partial charge in [-0.05, 0) is 43.2 Å². The van der Waals surface area contributed by atoms with Crippen LogP contribution in [0.15, 0.2) is 53.4 Å². The summed E-state index contributed by atoms with van der Waals surface area (Å²) in [6, 6.07) is 14.3. The summed E-state index contributed by atoms with van der Waals surface area (Å²) in [6.45, 7) is 5.03. The number of hydrogen-bond donors (Lipinski definition) is 0. The first-order chi connectivity index (χ1) is 15.9. The smallest absolute Gasteiger partial charge is 0.253 e. The number of ether oxygens (including phenoxy) is 1. The van der Waals surface area contributed by atoms with E-state index in [0.29, 0.717) is 38.3 Å². The lowest BCUT2D eigenvalue weighted by Gasteiger charge is -2.34. The van der Waals surface area contributed by atoms with Gasteiger partial charge in [-0.2, -0.15) is 4.31 Å². The first kappa shape index (κ1) is 24.0. The van der Waals surface area contributed by atoms with Crippen LogP contribution in [0.1, 0.15) is 29.6 Å². The number of benzene rings is 2. The normalized spacial score (nSPS) is 18.3. The van der Waals surface area contributed by atoms with Crippen molar-refractivity contribution in [2.75, 3.05) is 52.4 Å². The van der Waals surface area contributed by atoms with Crippen molar-refractivity contribution in [3.05, 3.63) is 59.1 Å². The lowest BCUT2D eigenvalue weighted by atomic mass is 10.2. The SMILES string of the molecule is O=C(c1ccc(Cl)c(S(=O)(=O)N2CCCCC2)c1)N1CCN(CCOc2ccccc2)CC1. The van der Waals surface area contributed by atoms with E-state index >= 15 is 0 Å². The number of rotatable bonds is 7. The largest absolute Gasteiger partial charge is 0.492 e. The number of carbonyl (C=O) groups excluding carboxylic acids is 1. The zero-order valence-electron chi connectivity index (χ0n) is 18.7. The number of amides is 1. The van der Waals surface area contributed by atoms with Crippen molar-refractivity contribution in [1.82, 2.24) is 14.1 Å². The molecule has 0 unspecified atom stereocenters. The maximum Gasteiger partial charge on any atom is 0.253 e. The van der Waals surface area contributed by atoms with Gasteiger partial charge in [0.2, 0.25) is 10.0 Å². The van der Waals surface area contributed by atoms with Crippen molar-refractivity contribution in [2.24, 2.45) is 0 Å². The topological polar surface area (TPSA) is 70.2 Å². The van der Waals surface area contributed by atoms with E-state index in [4.69, 9.17) is 16.3 Å². The van der Waals surface area contributed by atoms with Crippen molar-refractivity contribution in [3.63, 3.8) is 0 Å². The third-order valence-corrected chi connectivity index (χ3v) is 8.57. The Morgan fingerprint density at radius 3 is 2.30 bits per heavy atom. The molecule has 2 aliphatic rings. The minimum Gasteiger partial charge on any atom is -0.492 e. The molecule has 33 heavy (non-hydrogen) atoms. The second kappa shape index (κ2) is 10.9. The zero-order chi connectivity index (χ0) is 23.3. The summed E-state index contributed by atoms with van der Waals surface area (Å²) in [5, 5.41) is 0.153. The predicted molar refractivity (Wildman–Crippen MR) is 128 cm³/mol. The van der Waals surface area contributed by atoms with E-state index in [0.717, 1.165) is 44.6 Å². The molecule has 2 aromatic rings. The lowest BCUT2D eigenvalue weighted by molar-refractivity contribution is 0.0620. The molecule has 1 amide bonds. The van der Waals surface area contributed by atoms with Crippen LogP contribution in [0.2, 0.25) is 5.02 Å². The Morgan fingerprint density at radius 2 is 1.61 bits per heavy atom. The van der Waals surface area contributed by atoms with Gasteiger partial charge in [-0.3, -0.25) is 9.69 Å². The number of halogens is 1. The fraction of sp³-hybridized carbons (Fsp3) is 0.458. The van der Waals surface area contributed by atoms with E-state index in [1.165, 1.54) is 16.4 Å². The second-order valence-corrected chi connectivity index (χ2v) is 10.7. The van der Waals surface area contributed by atoms with Crippen LogP contribution in [0.3, 0.4) is 0 Å². The zero-order valence-corrected chi connectivity index (χ0v) is 20.2. The molecule has 178 valence electrons. The molecule has 0 bridgehead atoms. The van der Waals surface area contributed by atoms with Gasteiger partial charge in [-0.25, -0.2) is 8.42 Å². The highest BCUT2D eigenvalue weighted by atomic mass is 35.5. The fourth-order valence-corrected chi connectivity index (χ4v) is 6.26. The maximum atomic E-state index is 13.1. The van der Waals surface area contributed by atoms with Gasteiger partial charge in [0.15, 0.2) is 0 Å². The Bertz CT molecular complexity index is 1050.